The van der Waals surface area contributed by atoms with E-state index in [1.54, 1.807) is 32.4 Å². The van der Waals surface area contributed by atoms with Gasteiger partial charge in [0.1, 0.15) is 11.5 Å². The predicted molar refractivity (Wildman–Crippen MR) is 85.9 cm³/mol. The molecule has 4 heteroatoms. The van der Waals surface area contributed by atoms with Crippen LogP contribution >= 0.6 is 0 Å². The van der Waals surface area contributed by atoms with Crippen LogP contribution in [0.15, 0.2) is 48.7 Å². The molecule has 4 nitrogen and oxygen atoms in total. The molecule has 0 aliphatic heterocycles. The molecule has 0 aliphatic carbocycles. The number of aryl methyl sites for hydroxylation is 1. The van der Waals surface area contributed by atoms with Crippen LogP contribution in [0.2, 0.25) is 0 Å². The first-order chi connectivity index (χ1) is 10.6. The molecule has 0 fully saturated rings. The smallest absolute Gasteiger partial charge is 0.193 e. The number of ether oxygens (including phenoxy) is 2. The minimum Gasteiger partial charge on any atom is -0.497 e. The average Bonchev–Trinajstić information content (AvgIpc) is 2.94. The third-order valence-electron chi connectivity index (χ3n) is 3.76. The number of methoxy groups -OCH3 is 2. The van der Waals surface area contributed by atoms with Gasteiger partial charge in [-0.15, -0.1) is 0 Å². The molecule has 0 atom stereocenters. The van der Waals surface area contributed by atoms with Crippen molar-refractivity contribution < 1.29 is 14.3 Å². The number of carbonyl (C=O) groups excluding carboxylic acids is 1. The van der Waals surface area contributed by atoms with Gasteiger partial charge in [-0.1, -0.05) is 12.1 Å². The predicted octanol–water partition coefficient (Wildman–Crippen LogP) is 3.43. The van der Waals surface area contributed by atoms with Crippen LogP contribution < -0.4 is 9.47 Å². The number of nitrogens with zero attached hydrogens (tertiary/aromatic N) is 1. The number of fused-ring (bicyclic) bond motifs is 1. The molecule has 3 rings (SSSR count). The highest BCUT2D eigenvalue weighted by atomic mass is 16.5. The molecule has 0 bridgehead atoms. The number of ketones is 1. The van der Waals surface area contributed by atoms with Gasteiger partial charge in [-0.25, -0.2) is 0 Å². The summed E-state index contributed by atoms with van der Waals surface area (Å²) in [4.78, 5) is 12.7. The number of benzene rings is 2. The molecule has 0 spiro atoms. The van der Waals surface area contributed by atoms with E-state index in [2.05, 4.69) is 0 Å². The summed E-state index contributed by atoms with van der Waals surface area (Å²) in [5.41, 5.74) is 2.22. The van der Waals surface area contributed by atoms with Crippen molar-refractivity contribution in [1.82, 2.24) is 4.57 Å². The van der Waals surface area contributed by atoms with E-state index >= 15 is 0 Å². The Kier molecular flexibility index (Phi) is 3.59. The fraction of sp³-hybridized carbons (Fsp3) is 0.167. The minimum absolute atomic E-state index is 0.0553. The first-order valence-corrected chi connectivity index (χ1v) is 6.95. The van der Waals surface area contributed by atoms with Crippen LogP contribution in [0, 0.1) is 0 Å². The summed E-state index contributed by atoms with van der Waals surface area (Å²) in [6.45, 7) is 0. The van der Waals surface area contributed by atoms with E-state index in [1.165, 1.54) is 0 Å². The second-order valence-electron chi connectivity index (χ2n) is 5.13. The van der Waals surface area contributed by atoms with E-state index in [0.717, 1.165) is 10.9 Å². The first-order valence-electron chi connectivity index (χ1n) is 6.95. The maximum Gasteiger partial charge on any atom is 0.193 e. The Morgan fingerprint density at radius 2 is 1.59 bits per heavy atom. The lowest BCUT2D eigenvalue weighted by Crippen LogP contribution is -2.03. The molecule has 112 valence electrons. The van der Waals surface area contributed by atoms with Crippen LogP contribution in [0.4, 0.5) is 0 Å². The zero-order valence-corrected chi connectivity index (χ0v) is 12.8. The zero-order chi connectivity index (χ0) is 15.7. The van der Waals surface area contributed by atoms with Crippen molar-refractivity contribution in [2.45, 2.75) is 0 Å². The molecule has 3 aromatic rings. The Morgan fingerprint density at radius 1 is 0.909 bits per heavy atom. The standard InChI is InChI=1S/C18H17NO3/c1-19-7-6-12-4-5-13(10-17(12)19)18(20)14-8-15(21-2)11-16(9-14)22-3/h4-11H,1-3H3. The molecule has 1 aromatic heterocycles. The molecule has 1 heterocycles. The summed E-state index contributed by atoms with van der Waals surface area (Å²) >= 11 is 0. The summed E-state index contributed by atoms with van der Waals surface area (Å²) in [5, 5.41) is 1.11. The van der Waals surface area contributed by atoms with Crippen molar-refractivity contribution in [2.75, 3.05) is 14.2 Å². The van der Waals surface area contributed by atoms with E-state index in [9.17, 15) is 4.79 Å². The van der Waals surface area contributed by atoms with E-state index in [0.29, 0.717) is 22.6 Å². The minimum atomic E-state index is -0.0553. The van der Waals surface area contributed by atoms with Crippen molar-refractivity contribution >= 4 is 16.7 Å². The van der Waals surface area contributed by atoms with Crippen molar-refractivity contribution in [1.29, 1.82) is 0 Å². The molecule has 0 amide bonds. The SMILES string of the molecule is COc1cc(OC)cc(C(=O)c2ccc3ccn(C)c3c2)c1. The molecular formula is C18H17NO3. The van der Waals surface area contributed by atoms with Crippen LogP contribution in [-0.2, 0) is 7.05 Å². The van der Waals surface area contributed by atoms with E-state index in [-0.39, 0.29) is 5.78 Å². The summed E-state index contributed by atoms with van der Waals surface area (Å²) in [6, 6.07) is 12.9. The number of carbonyl (C=O) groups is 1. The van der Waals surface area contributed by atoms with Crippen LogP contribution in [0.5, 0.6) is 11.5 Å². The Balaban J connectivity index is 2.06. The van der Waals surface area contributed by atoms with Gasteiger partial charge in [0.05, 0.1) is 14.2 Å². The van der Waals surface area contributed by atoms with Gasteiger partial charge in [0.2, 0.25) is 0 Å². The quantitative estimate of drug-likeness (QED) is 0.692. The van der Waals surface area contributed by atoms with Crippen molar-refractivity contribution in [3.63, 3.8) is 0 Å². The van der Waals surface area contributed by atoms with Crippen molar-refractivity contribution in [2.24, 2.45) is 7.05 Å². The summed E-state index contributed by atoms with van der Waals surface area (Å²) in [7, 11) is 5.10. The Morgan fingerprint density at radius 3 is 2.23 bits per heavy atom. The molecule has 0 radical (unpaired) electrons. The fourth-order valence-electron chi connectivity index (χ4n) is 2.51. The molecule has 0 aliphatic rings. The van der Waals surface area contributed by atoms with E-state index in [4.69, 9.17) is 9.47 Å². The van der Waals surface area contributed by atoms with Gasteiger partial charge < -0.3 is 14.0 Å². The molecule has 22 heavy (non-hydrogen) atoms. The lowest BCUT2D eigenvalue weighted by molar-refractivity contribution is 0.103. The highest BCUT2D eigenvalue weighted by molar-refractivity contribution is 6.10. The average molecular weight is 295 g/mol. The second kappa shape index (κ2) is 5.56. The number of rotatable bonds is 4. The lowest BCUT2D eigenvalue weighted by atomic mass is 10.0. The van der Waals surface area contributed by atoms with E-state index < -0.39 is 0 Å². The summed E-state index contributed by atoms with van der Waals surface area (Å²) < 4.78 is 12.4. The number of hydrogen-bond donors (Lipinski definition) is 0. The monoisotopic (exact) mass is 295 g/mol. The van der Waals surface area contributed by atoms with Crippen LogP contribution in [0.3, 0.4) is 0 Å². The maximum atomic E-state index is 12.7. The zero-order valence-electron chi connectivity index (χ0n) is 12.8. The van der Waals surface area contributed by atoms with Gasteiger partial charge in [0.15, 0.2) is 5.78 Å². The Hall–Kier alpha value is -2.75. The first kappa shape index (κ1) is 14.2. The molecule has 0 saturated heterocycles. The van der Waals surface area contributed by atoms with Crippen molar-refractivity contribution in [3.8, 4) is 11.5 Å². The molecule has 0 N–H and O–H groups in total. The summed E-state index contributed by atoms with van der Waals surface area (Å²) in [5.74, 6) is 1.14. The van der Waals surface area contributed by atoms with Gasteiger partial charge in [0.25, 0.3) is 0 Å². The topological polar surface area (TPSA) is 40.5 Å². The largest absolute Gasteiger partial charge is 0.497 e. The highest BCUT2D eigenvalue weighted by Crippen LogP contribution is 2.25. The Bertz CT molecular complexity index is 826. The van der Waals surface area contributed by atoms with Crippen LogP contribution in [-0.4, -0.2) is 24.6 Å². The van der Waals surface area contributed by atoms with Gasteiger partial charge in [-0.2, -0.15) is 0 Å². The molecular weight excluding hydrogens is 278 g/mol. The molecule has 0 unspecified atom stereocenters. The summed E-state index contributed by atoms with van der Waals surface area (Å²) in [6.07, 6.45) is 1.98. The van der Waals surface area contributed by atoms with Gasteiger partial charge in [-0.3, -0.25) is 4.79 Å². The van der Waals surface area contributed by atoms with E-state index in [1.807, 2.05) is 42.1 Å². The Labute approximate surface area is 128 Å². The van der Waals surface area contributed by atoms with Gasteiger partial charge in [0, 0.05) is 36.0 Å². The normalized spacial score (nSPS) is 10.7. The number of hydrogen-bond acceptors (Lipinski definition) is 3. The van der Waals surface area contributed by atoms with Crippen LogP contribution in [0.25, 0.3) is 10.9 Å². The van der Waals surface area contributed by atoms with Gasteiger partial charge in [-0.05, 0) is 29.7 Å². The maximum absolute atomic E-state index is 12.7. The highest BCUT2D eigenvalue weighted by Gasteiger charge is 2.13. The molecule has 2 aromatic carbocycles. The third kappa shape index (κ3) is 2.44. The number of aromatic nitrogens is 1. The second-order valence-corrected chi connectivity index (χ2v) is 5.13. The van der Waals surface area contributed by atoms with Gasteiger partial charge >= 0.3 is 0 Å². The fourth-order valence-corrected chi connectivity index (χ4v) is 2.51. The van der Waals surface area contributed by atoms with Crippen molar-refractivity contribution in [3.05, 3.63) is 59.8 Å². The molecule has 0 saturated carbocycles. The van der Waals surface area contributed by atoms with Crippen LogP contribution in [0.1, 0.15) is 15.9 Å². The third-order valence-corrected chi connectivity index (χ3v) is 3.76. The lowest BCUT2D eigenvalue weighted by Gasteiger charge is -2.08.